The molecule has 2 nitrogen and oxygen atoms in total. The van der Waals surface area contributed by atoms with Gasteiger partial charge in [0.25, 0.3) is 0 Å². The van der Waals surface area contributed by atoms with Gasteiger partial charge >= 0.3 is 0 Å². The van der Waals surface area contributed by atoms with E-state index in [1.165, 1.54) is 24.2 Å². The first-order valence-electron chi connectivity index (χ1n) is 6.20. The number of hydrogen-bond acceptors (Lipinski definition) is 1. The molecule has 18 heavy (non-hydrogen) atoms. The molecule has 0 atom stereocenters. The molecule has 1 heterocycles. The van der Waals surface area contributed by atoms with Crippen molar-refractivity contribution < 1.29 is 0 Å². The lowest BCUT2D eigenvalue weighted by Crippen LogP contribution is -2.08. The molecule has 2 aromatic rings. The number of benzene rings is 1. The Hall–Kier alpha value is -0.800. The first-order chi connectivity index (χ1) is 8.81. The summed E-state index contributed by atoms with van der Waals surface area (Å²) in [6.07, 6.45) is 6.66. The summed E-state index contributed by atoms with van der Waals surface area (Å²) in [5.74, 6) is 0. The zero-order valence-electron chi connectivity index (χ0n) is 10.00. The predicted octanol–water partition coefficient (Wildman–Crippen LogP) is 4.30. The lowest BCUT2D eigenvalue weighted by molar-refractivity contribution is 0.655. The molecule has 0 saturated heterocycles. The maximum Gasteiger partial charge on any atom is 0.0997 e. The molecule has 0 unspecified atom stereocenters. The van der Waals surface area contributed by atoms with Crippen molar-refractivity contribution in [1.82, 2.24) is 9.55 Å². The van der Waals surface area contributed by atoms with Crippen LogP contribution in [0.1, 0.15) is 29.8 Å². The molecule has 4 heteroatoms. The first kappa shape index (κ1) is 12.2. The second-order valence-corrected chi connectivity index (χ2v) is 5.55. The highest BCUT2D eigenvalue weighted by molar-refractivity contribution is 9.08. The summed E-state index contributed by atoms with van der Waals surface area (Å²) in [5.41, 5.74) is 4.88. The molecule has 1 aliphatic rings. The van der Waals surface area contributed by atoms with Gasteiger partial charge in [0.2, 0.25) is 0 Å². The van der Waals surface area contributed by atoms with E-state index in [9.17, 15) is 0 Å². The van der Waals surface area contributed by atoms with Crippen LogP contribution in [0.3, 0.4) is 0 Å². The van der Waals surface area contributed by atoms with Crippen LogP contribution in [0.4, 0.5) is 0 Å². The van der Waals surface area contributed by atoms with Gasteiger partial charge in [-0.3, -0.25) is 0 Å². The Bertz CT molecular complexity index is 577. The minimum Gasteiger partial charge on any atom is -0.303 e. The first-order valence-corrected chi connectivity index (χ1v) is 7.70. The van der Waals surface area contributed by atoms with E-state index in [4.69, 9.17) is 11.6 Å². The minimum absolute atomic E-state index is 0.759. The van der Waals surface area contributed by atoms with Gasteiger partial charge in [0, 0.05) is 21.6 Å². The van der Waals surface area contributed by atoms with Crippen molar-refractivity contribution in [2.75, 3.05) is 0 Å². The zero-order valence-corrected chi connectivity index (χ0v) is 12.3. The maximum absolute atomic E-state index is 6.27. The molecule has 0 N–H and O–H groups in total. The Labute approximate surface area is 120 Å². The van der Waals surface area contributed by atoms with Crippen molar-refractivity contribution >= 4 is 27.5 Å². The van der Waals surface area contributed by atoms with Crippen LogP contribution in [-0.4, -0.2) is 9.55 Å². The standard InChI is InChI=1S/C14H14BrClN2/c15-8-10-11(16)4-3-7-13(10)18-9-17-12-5-1-2-6-14(12)18/h3-4,7,9H,1-2,5-6,8H2. The van der Waals surface area contributed by atoms with E-state index in [1.807, 2.05) is 18.5 Å². The third-order valence-electron chi connectivity index (χ3n) is 3.52. The van der Waals surface area contributed by atoms with Gasteiger partial charge in [-0.2, -0.15) is 0 Å². The molecule has 1 aromatic carbocycles. The van der Waals surface area contributed by atoms with Gasteiger partial charge < -0.3 is 4.57 Å². The van der Waals surface area contributed by atoms with Crippen LogP contribution in [0.5, 0.6) is 0 Å². The normalized spacial score (nSPS) is 14.6. The number of aromatic nitrogens is 2. The molecular formula is C14H14BrClN2. The van der Waals surface area contributed by atoms with Gasteiger partial charge in [-0.15, -0.1) is 0 Å². The topological polar surface area (TPSA) is 17.8 Å². The molecule has 0 fully saturated rings. The van der Waals surface area contributed by atoms with Crippen LogP contribution in [0.2, 0.25) is 5.02 Å². The Kier molecular flexibility index (Phi) is 3.44. The zero-order chi connectivity index (χ0) is 12.5. The third-order valence-corrected chi connectivity index (χ3v) is 4.43. The van der Waals surface area contributed by atoms with Crippen LogP contribution >= 0.6 is 27.5 Å². The lowest BCUT2D eigenvalue weighted by Gasteiger charge is -2.16. The number of nitrogens with zero attached hydrogens (tertiary/aromatic N) is 2. The largest absolute Gasteiger partial charge is 0.303 e. The summed E-state index contributed by atoms with van der Waals surface area (Å²) in [6.45, 7) is 0. The number of halogens is 2. The second kappa shape index (κ2) is 5.06. The van der Waals surface area contributed by atoms with Crippen LogP contribution in [0.15, 0.2) is 24.5 Å². The Morgan fingerprint density at radius 3 is 2.94 bits per heavy atom. The monoisotopic (exact) mass is 324 g/mol. The SMILES string of the molecule is Clc1cccc(-n2cnc3c2CCCC3)c1CBr. The number of alkyl halides is 1. The highest BCUT2D eigenvalue weighted by Crippen LogP contribution is 2.29. The molecular weight excluding hydrogens is 312 g/mol. The summed E-state index contributed by atoms with van der Waals surface area (Å²) in [7, 11) is 0. The molecule has 0 spiro atoms. The van der Waals surface area contributed by atoms with E-state index in [1.54, 1.807) is 0 Å². The average molecular weight is 326 g/mol. The fourth-order valence-corrected chi connectivity index (χ4v) is 3.57. The summed E-state index contributed by atoms with van der Waals surface area (Å²) < 4.78 is 2.21. The van der Waals surface area contributed by atoms with Gasteiger partial charge in [0.1, 0.15) is 0 Å². The van der Waals surface area contributed by atoms with E-state index < -0.39 is 0 Å². The second-order valence-electron chi connectivity index (χ2n) is 4.59. The summed E-state index contributed by atoms with van der Waals surface area (Å²) in [6, 6.07) is 6.04. The molecule has 94 valence electrons. The van der Waals surface area contributed by atoms with Crippen molar-refractivity contribution in [2.24, 2.45) is 0 Å². The van der Waals surface area contributed by atoms with Crippen molar-refractivity contribution in [3.05, 3.63) is 46.5 Å². The summed E-state index contributed by atoms with van der Waals surface area (Å²) in [5, 5.41) is 1.57. The molecule has 0 radical (unpaired) electrons. The van der Waals surface area contributed by atoms with Gasteiger partial charge in [-0.25, -0.2) is 4.98 Å². The summed E-state index contributed by atoms with van der Waals surface area (Å²) >= 11 is 9.79. The van der Waals surface area contributed by atoms with E-state index in [2.05, 4.69) is 31.5 Å². The summed E-state index contributed by atoms with van der Waals surface area (Å²) in [4.78, 5) is 4.54. The quantitative estimate of drug-likeness (QED) is 0.753. The van der Waals surface area contributed by atoms with Crippen molar-refractivity contribution in [1.29, 1.82) is 0 Å². The number of rotatable bonds is 2. The highest BCUT2D eigenvalue weighted by atomic mass is 79.9. The van der Waals surface area contributed by atoms with Gasteiger partial charge in [-0.1, -0.05) is 33.6 Å². The predicted molar refractivity (Wildman–Crippen MR) is 77.8 cm³/mol. The van der Waals surface area contributed by atoms with Gasteiger partial charge in [0.05, 0.1) is 17.7 Å². The Morgan fingerprint density at radius 2 is 2.11 bits per heavy atom. The smallest absolute Gasteiger partial charge is 0.0997 e. The highest BCUT2D eigenvalue weighted by Gasteiger charge is 2.18. The van der Waals surface area contributed by atoms with Gasteiger partial charge in [0.15, 0.2) is 0 Å². The van der Waals surface area contributed by atoms with Crippen molar-refractivity contribution in [2.45, 2.75) is 31.0 Å². The number of fused-ring (bicyclic) bond motifs is 1. The fourth-order valence-electron chi connectivity index (χ4n) is 2.58. The van der Waals surface area contributed by atoms with Crippen LogP contribution in [0, 0.1) is 0 Å². The molecule has 1 aromatic heterocycles. The lowest BCUT2D eigenvalue weighted by atomic mass is 10.0. The van der Waals surface area contributed by atoms with Crippen molar-refractivity contribution in [3.63, 3.8) is 0 Å². The number of imidazole rings is 1. The Morgan fingerprint density at radius 1 is 1.28 bits per heavy atom. The van der Waals surface area contributed by atoms with E-state index >= 15 is 0 Å². The van der Waals surface area contributed by atoms with Crippen LogP contribution < -0.4 is 0 Å². The van der Waals surface area contributed by atoms with Gasteiger partial charge in [-0.05, 0) is 37.8 Å². The van der Waals surface area contributed by atoms with E-state index in [-0.39, 0.29) is 0 Å². The van der Waals surface area contributed by atoms with Crippen LogP contribution in [-0.2, 0) is 18.2 Å². The Balaban J connectivity index is 2.15. The fraction of sp³-hybridized carbons (Fsp3) is 0.357. The number of hydrogen-bond donors (Lipinski definition) is 0. The average Bonchev–Trinajstić information content (AvgIpc) is 2.82. The molecule has 1 aliphatic carbocycles. The van der Waals surface area contributed by atoms with Crippen LogP contribution in [0.25, 0.3) is 5.69 Å². The van der Waals surface area contributed by atoms with E-state index in [0.29, 0.717) is 0 Å². The number of aryl methyl sites for hydroxylation is 1. The third kappa shape index (κ3) is 1.99. The van der Waals surface area contributed by atoms with Crippen molar-refractivity contribution in [3.8, 4) is 5.69 Å². The molecule has 3 rings (SSSR count). The van der Waals surface area contributed by atoms with E-state index in [0.717, 1.165) is 34.4 Å². The molecule has 0 bridgehead atoms. The molecule has 0 amide bonds. The molecule has 0 aliphatic heterocycles. The molecule has 0 saturated carbocycles. The minimum atomic E-state index is 0.759. The maximum atomic E-state index is 6.27.